The van der Waals surface area contributed by atoms with E-state index in [2.05, 4.69) is 22.1 Å². The average Bonchev–Trinajstić information content (AvgIpc) is 2.97. The van der Waals surface area contributed by atoms with Gasteiger partial charge in [-0.1, -0.05) is 24.7 Å². The summed E-state index contributed by atoms with van der Waals surface area (Å²) in [6, 6.07) is 0. The molecule has 0 unspecified atom stereocenters. The first-order valence-corrected chi connectivity index (χ1v) is 7.33. The number of hydrogen-bond donors (Lipinski definition) is 2. The molecule has 6 heteroatoms. The summed E-state index contributed by atoms with van der Waals surface area (Å²) in [5.41, 5.74) is 5.83. The molecule has 0 saturated carbocycles. The van der Waals surface area contributed by atoms with E-state index in [0.29, 0.717) is 17.2 Å². The van der Waals surface area contributed by atoms with Crippen LogP contribution in [0.15, 0.2) is 0 Å². The van der Waals surface area contributed by atoms with Crippen LogP contribution in [-0.2, 0) is 0 Å². The molecule has 0 atom stereocenters. The third kappa shape index (κ3) is 2.93. The number of rotatable bonds is 5. The van der Waals surface area contributed by atoms with Crippen LogP contribution in [-0.4, -0.2) is 30.5 Å². The van der Waals surface area contributed by atoms with E-state index in [0.717, 1.165) is 31.1 Å². The lowest BCUT2D eigenvalue weighted by Gasteiger charge is -2.11. The van der Waals surface area contributed by atoms with Gasteiger partial charge in [-0.05, 0) is 19.3 Å². The van der Waals surface area contributed by atoms with E-state index < -0.39 is 0 Å². The summed E-state index contributed by atoms with van der Waals surface area (Å²) < 4.78 is 0. The van der Waals surface area contributed by atoms with Gasteiger partial charge in [0.15, 0.2) is 5.13 Å². The van der Waals surface area contributed by atoms with Crippen molar-refractivity contribution in [3.8, 4) is 0 Å². The molecule has 1 amide bonds. The van der Waals surface area contributed by atoms with Gasteiger partial charge in [0.1, 0.15) is 10.7 Å². The molecule has 0 aromatic carbocycles. The van der Waals surface area contributed by atoms with Crippen LogP contribution in [0, 0.1) is 0 Å². The topological polar surface area (TPSA) is 71.2 Å². The standard InChI is InChI=1S/C12H20N4OS/c1-2-3-6-14-11(17)9-10(13)15-12(18-9)16-7-4-5-8-16/h2-8,13H2,1H3,(H,14,17). The number of nitrogens with one attached hydrogen (secondary N) is 1. The third-order valence-corrected chi connectivity index (χ3v) is 4.17. The predicted molar refractivity (Wildman–Crippen MR) is 75.2 cm³/mol. The largest absolute Gasteiger partial charge is 0.382 e. The Kier molecular flexibility index (Phi) is 4.41. The summed E-state index contributed by atoms with van der Waals surface area (Å²) in [7, 11) is 0. The van der Waals surface area contributed by atoms with Crippen molar-refractivity contribution in [3.63, 3.8) is 0 Å². The number of anilines is 2. The quantitative estimate of drug-likeness (QED) is 0.800. The summed E-state index contributed by atoms with van der Waals surface area (Å²) in [5.74, 6) is 0.264. The Labute approximate surface area is 111 Å². The fraction of sp³-hybridized carbons (Fsp3) is 0.667. The van der Waals surface area contributed by atoms with Crippen LogP contribution in [0.2, 0.25) is 0 Å². The molecule has 2 heterocycles. The fourth-order valence-corrected chi connectivity index (χ4v) is 2.94. The Hall–Kier alpha value is -1.30. The highest BCUT2D eigenvalue weighted by atomic mass is 32.1. The Balaban J connectivity index is 2.01. The molecule has 18 heavy (non-hydrogen) atoms. The molecule has 1 aromatic heterocycles. The number of nitrogens with zero attached hydrogens (tertiary/aromatic N) is 2. The van der Waals surface area contributed by atoms with Crippen LogP contribution in [0.25, 0.3) is 0 Å². The van der Waals surface area contributed by atoms with Crippen molar-refractivity contribution in [2.45, 2.75) is 32.6 Å². The van der Waals surface area contributed by atoms with Gasteiger partial charge in [-0.2, -0.15) is 0 Å². The Morgan fingerprint density at radius 3 is 2.89 bits per heavy atom. The molecule has 3 N–H and O–H groups in total. The molecule has 1 fully saturated rings. The van der Waals surface area contributed by atoms with Crippen LogP contribution >= 0.6 is 11.3 Å². The third-order valence-electron chi connectivity index (χ3n) is 3.04. The van der Waals surface area contributed by atoms with E-state index in [-0.39, 0.29) is 5.91 Å². The van der Waals surface area contributed by atoms with E-state index in [1.807, 2.05) is 0 Å². The van der Waals surface area contributed by atoms with Crippen LogP contribution in [0.4, 0.5) is 10.9 Å². The molecular weight excluding hydrogens is 248 g/mol. The van der Waals surface area contributed by atoms with Gasteiger partial charge in [-0.15, -0.1) is 0 Å². The highest BCUT2D eigenvalue weighted by Crippen LogP contribution is 2.30. The molecule has 1 aliphatic heterocycles. The number of hydrogen-bond acceptors (Lipinski definition) is 5. The van der Waals surface area contributed by atoms with Gasteiger partial charge in [0.25, 0.3) is 5.91 Å². The van der Waals surface area contributed by atoms with E-state index in [4.69, 9.17) is 5.73 Å². The smallest absolute Gasteiger partial charge is 0.265 e. The lowest BCUT2D eigenvalue weighted by molar-refractivity contribution is 0.0958. The number of carbonyl (C=O) groups excluding carboxylic acids is 1. The molecule has 0 spiro atoms. The Morgan fingerprint density at radius 2 is 2.22 bits per heavy atom. The summed E-state index contributed by atoms with van der Waals surface area (Å²) >= 11 is 1.40. The van der Waals surface area contributed by atoms with Crippen LogP contribution < -0.4 is 16.0 Å². The summed E-state index contributed by atoms with van der Waals surface area (Å²) in [5, 5.41) is 3.76. The summed E-state index contributed by atoms with van der Waals surface area (Å²) in [6.45, 7) is 4.83. The SMILES string of the molecule is CCCCNC(=O)c1sc(N2CCCC2)nc1N. The number of amides is 1. The summed E-state index contributed by atoms with van der Waals surface area (Å²) in [4.78, 5) is 19.0. The first-order valence-electron chi connectivity index (χ1n) is 6.51. The van der Waals surface area contributed by atoms with Crippen LogP contribution in [0.3, 0.4) is 0 Å². The van der Waals surface area contributed by atoms with Gasteiger partial charge in [0, 0.05) is 19.6 Å². The van der Waals surface area contributed by atoms with Gasteiger partial charge < -0.3 is 16.0 Å². The maximum atomic E-state index is 11.9. The van der Waals surface area contributed by atoms with Crippen molar-refractivity contribution >= 4 is 28.2 Å². The number of aromatic nitrogens is 1. The van der Waals surface area contributed by atoms with Gasteiger partial charge in [-0.25, -0.2) is 4.98 Å². The molecule has 1 aliphatic rings. The van der Waals surface area contributed by atoms with Gasteiger partial charge >= 0.3 is 0 Å². The zero-order chi connectivity index (χ0) is 13.0. The normalized spacial score (nSPS) is 15.1. The zero-order valence-electron chi connectivity index (χ0n) is 10.7. The molecule has 5 nitrogen and oxygen atoms in total. The first-order chi connectivity index (χ1) is 8.72. The summed E-state index contributed by atoms with van der Waals surface area (Å²) in [6.07, 6.45) is 4.44. The van der Waals surface area contributed by atoms with Crippen molar-refractivity contribution in [1.29, 1.82) is 0 Å². The van der Waals surface area contributed by atoms with E-state index in [1.54, 1.807) is 0 Å². The Morgan fingerprint density at radius 1 is 1.50 bits per heavy atom. The molecule has 0 radical (unpaired) electrons. The van der Waals surface area contributed by atoms with Crippen molar-refractivity contribution in [3.05, 3.63) is 4.88 Å². The molecule has 0 aliphatic carbocycles. The number of carbonyl (C=O) groups is 1. The monoisotopic (exact) mass is 268 g/mol. The maximum absolute atomic E-state index is 11.9. The van der Waals surface area contributed by atoms with Gasteiger partial charge in [0.2, 0.25) is 0 Å². The molecule has 100 valence electrons. The van der Waals surface area contributed by atoms with Gasteiger partial charge in [0.05, 0.1) is 0 Å². The molecule has 1 saturated heterocycles. The van der Waals surface area contributed by atoms with Gasteiger partial charge in [-0.3, -0.25) is 4.79 Å². The van der Waals surface area contributed by atoms with Crippen molar-refractivity contribution in [2.24, 2.45) is 0 Å². The second-order valence-corrected chi connectivity index (χ2v) is 5.49. The molecular formula is C12H20N4OS. The number of unbranched alkanes of at least 4 members (excludes halogenated alkanes) is 1. The van der Waals surface area contributed by atoms with Crippen molar-refractivity contribution in [1.82, 2.24) is 10.3 Å². The minimum Gasteiger partial charge on any atom is -0.382 e. The second kappa shape index (κ2) is 6.04. The molecule has 1 aromatic rings. The van der Waals surface area contributed by atoms with Crippen molar-refractivity contribution < 1.29 is 4.79 Å². The van der Waals surface area contributed by atoms with E-state index in [1.165, 1.54) is 24.2 Å². The highest BCUT2D eigenvalue weighted by Gasteiger charge is 2.21. The van der Waals surface area contributed by atoms with E-state index in [9.17, 15) is 4.79 Å². The number of nitrogen functional groups attached to an aromatic ring is 1. The fourth-order valence-electron chi connectivity index (χ4n) is 1.99. The van der Waals surface area contributed by atoms with Crippen LogP contribution in [0.1, 0.15) is 42.3 Å². The highest BCUT2D eigenvalue weighted by molar-refractivity contribution is 7.18. The maximum Gasteiger partial charge on any atom is 0.265 e. The lowest BCUT2D eigenvalue weighted by atomic mass is 10.3. The van der Waals surface area contributed by atoms with Crippen LogP contribution in [0.5, 0.6) is 0 Å². The molecule has 2 rings (SSSR count). The van der Waals surface area contributed by atoms with E-state index >= 15 is 0 Å². The number of thiazole rings is 1. The Bertz CT molecular complexity index is 412. The second-order valence-electron chi connectivity index (χ2n) is 4.51. The number of nitrogens with two attached hydrogens (primary N) is 1. The first kappa shape index (κ1) is 13.1. The zero-order valence-corrected chi connectivity index (χ0v) is 11.6. The minimum atomic E-state index is -0.0936. The average molecular weight is 268 g/mol. The molecule has 0 bridgehead atoms. The van der Waals surface area contributed by atoms with Crippen molar-refractivity contribution in [2.75, 3.05) is 30.3 Å². The lowest BCUT2D eigenvalue weighted by Crippen LogP contribution is -2.24. The minimum absolute atomic E-state index is 0.0936. The predicted octanol–water partition coefficient (Wildman–Crippen LogP) is 1.86.